The summed E-state index contributed by atoms with van der Waals surface area (Å²) in [5.41, 5.74) is 0. The first-order chi connectivity index (χ1) is 6.70. The van der Waals surface area contributed by atoms with Gasteiger partial charge in [0.05, 0.1) is 0 Å². The maximum absolute atomic E-state index is 3.80. The number of nitrogens with zero attached hydrogens (tertiary/aromatic N) is 1. The van der Waals surface area contributed by atoms with Crippen LogP contribution in [-0.4, -0.2) is 36.1 Å². The van der Waals surface area contributed by atoms with E-state index in [1.807, 2.05) is 0 Å². The Morgan fingerprint density at radius 2 is 2.21 bits per heavy atom. The molecule has 3 atom stereocenters. The summed E-state index contributed by atoms with van der Waals surface area (Å²) in [5.74, 6) is 0.989. The molecule has 2 fully saturated rings. The molecule has 1 aliphatic carbocycles. The zero-order valence-electron chi connectivity index (χ0n) is 9.79. The van der Waals surface area contributed by atoms with Crippen molar-refractivity contribution in [1.82, 2.24) is 10.2 Å². The van der Waals surface area contributed by atoms with E-state index in [1.165, 1.54) is 32.4 Å². The molecule has 0 aromatic rings. The number of likely N-dealkylation sites (tertiary alicyclic amines) is 1. The van der Waals surface area contributed by atoms with Crippen LogP contribution >= 0.6 is 0 Å². The summed E-state index contributed by atoms with van der Waals surface area (Å²) >= 11 is 0. The summed E-state index contributed by atoms with van der Waals surface area (Å²) < 4.78 is 0. The summed E-state index contributed by atoms with van der Waals surface area (Å²) in [4.78, 5) is 2.58. The molecule has 2 rings (SSSR count). The van der Waals surface area contributed by atoms with Gasteiger partial charge < -0.3 is 5.32 Å². The molecule has 0 radical (unpaired) electrons. The lowest BCUT2D eigenvalue weighted by Crippen LogP contribution is -2.36. The van der Waals surface area contributed by atoms with Gasteiger partial charge in [-0.2, -0.15) is 0 Å². The average Bonchev–Trinajstić information content (AvgIpc) is 2.71. The fourth-order valence-corrected chi connectivity index (χ4v) is 2.60. The second kappa shape index (κ2) is 4.19. The third-order valence-electron chi connectivity index (χ3n) is 3.85. The molecule has 1 saturated carbocycles. The van der Waals surface area contributed by atoms with Crippen LogP contribution in [-0.2, 0) is 0 Å². The van der Waals surface area contributed by atoms with Gasteiger partial charge in [0.15, 0.2) is 0 Å². The monoisotopic (exact) mass is 196 g/mol. The maximum Gasteiger partial charge on any atom is 0.0210 e. The maximum atomic E-state index is 3.80. The highest BCUT2D eigenvalue weighted by atomic mass is 15.2. The van der Waals surface area contributed by atoms with Crippen molar-refractivity contribution in [3.05, 3.63) is 0 Å². The van der Waals surface area contributed by atoms with Crippen LogP contribution in [0.1, 0.15) is 40.0 Å². The lowest BCUT2D eigenvalue weighted by molar-refractivity contribution is 0.267. The van der Waals surface area contributed by atoms with Crippen LogP contribution in [0, 0.1) is 5.92 Å². The number of hydrogen-bond acceptors (Lipinski definition) is 2. The molecule has 0 spiro atoms. The molecule has 14 heavy (non-hydrogen) atoms. The van der Waals surface area contributed by atoms with Gasteiger partial charge in [-0.15, -0.1) is 0 Å². The zero-order valence-corrected chi connectivity index (χ0v) is 9.79. The molecule has 1 heterocycles. The van der Waals surface area contributed by atoms with Crippen LogP contribution < -0.4 is 5.32 Å². The van der Waals surface area contributed by atoms with E-state index in [9.17, 15) is 0 Å². The van der Waals surface area contributed by atoms with E-state index in [1.54, 1.807) is 0 Å². The van der Waals surface area contributed by atoms with Crippen LogP contribution in [0.15, 0.2) is 0 Å². The van der Waals surface area contributed by atoms with Crippen LogP contribution in [0.3, 0.4) is 0 Å². The summed E-state index contributed by atoms with van der Waals surface area (Å²) in [6.45, 7) is 9.47. The van der Waals surface area contributed by atoms with E-state index < -0.39 is 0 Å². The Morgan fingerprint density at radius 1 is 1.43 bits per heavy atom. The summed E-state index contributed by atoms with van der Waals surface area (Å²) in [6.07, 6.45) is 4.14. The minimum Gasteiger partial charge on any atom is -0.310 e. The Morgan fingerprint density at radius 3 is 2.71 bits per heavy atom. The lowest BCUT2D eigenvalue weighted by atomic mass is 10.2. The smallest absolute Gasteiger partial charge is 0.0210 e. The Balaban J connectivity index is 1.69. The molecule has 1 N–H and O–H groups in total. The molecule has 1 saturated heterocycles. The second-order valence-corrected chi connectivity index (χ2v) is 5.25. The normalized spacial score (nSPS) is 38.1. The highest BCUT2D eigenvalue weighted by Gasteiger charge is 2.37. The summed E-state index contributed by atoms with van der Waals surface area (Å²) in [5, 5.41) is 3.80. The fourth-order valence-electron chi connectivity index (χ4n) is 2.60. The largest absolute Gasteiger partial charge is 0.310 e. The Bertz CT molecular complexity index is 191. The van der Waals surface area contributed by atoms with Gasteiger partial charge in [-0.3, -0.25) is 4.90 Å². The second-order valence-electron chi connectivity index (χ2n) is 5.25. The number of hydrogen-bond donors (Lipinski definition) is 1. The molecule has 3 unspecified atom stereocenters. The molecule has 2 nitrogen and oxygen atoms in total. The predicted molar refractivity (Wildman–Crippen MR) is 60.4 cm³/mol. The number of rotatable bonds is 4. The average molecular weight is 196 g/mol. The van der Waals surface area contributed by atoms with Crippen LogP contribution in [0.5, 0.6) is 0 Å². The molecule has 0 aromatic carbocycles. The van der Waals surface area contributed by atoms with E-state index in [2.05, 4.69) is 31.0 Å². The van der Waals surface area contributed by atoms with Gasteiger partial charge in [0.2, 0.25) is 0 Å². The van der Waals surface area contributed by atoms with Crippen LogP contribution in [0.4, 0.5) is 0 Å². The predicted octanol–water partition coefficient (Wildman–Crippen LogP) is 1.86. The molecule has 1 aliphatic heterocycles. The standard InChI is InChI=1S/C12H24N2/c1-4-10-7-12(10)13-11-5-6-14(8-11)9(2)3/h9-13H,4-8H2,1-3H3. The molecule has 0 bridgehead atoms. The van der Waals surface area contributed by atoms with Gasteiger partial charge in [0.1, 0.15) is 0 Å². The minimum atomic E-state index is 0.725. The highest BCUT2D eigenvalue weighted by molar-refractivity contribution is 4.96. The third-order valence-corrected chi connectivity index (χ3v) is 3.85. The van der Waals surface area contributed by atoms with Crippen molar-refractivity contribution < 1.29 is 0 Å². The SMILES string of the molecule is CCC1CC1NC1CCN(C(C)C)C1. The molecule has 82 valence electrons. The first kappa shape index (κ1) is 10.4. The first-order valence-corrected chi connectivity index (χ1v) is 6.20. The molecular formula is C12H24N2. The van der Waals surface area contributed by atoms with Gasteiger partial charge in [0.25, 0.3) is 0 Å². The van der Waals surface area contributed by atoms with Crippen LogP contribution in [0.2, 0.25) is 0 Å². The summed E-state index contributed by atoms with van der Waals surface area (Å²) in [7, 11) is 0. The van der Waals surface area contributed by atoms with E-state index in [0.29, 0.717) is 0 Å². The van der Waals surface area contributed by atoms with Crippen LogP contribution in [0.25, 0.3) is 0 Å². The van der Waals surface area contributed by atoms with Gasteiger partial charge in [-0.1, -0.05) is 13.3 Å². The third kappa shape index (κ3) is 2.29. The van der Waals surface area contributed by atoms with Gasteiger partial charge in [0, 0.05) is 24.7 Å². The van der Waals surface area contributed by atoms with Crippen molar-refractivity contribution in [2.45, 2.75) is 58.2 Å². The van der Waals surface area contributed by atoms with Crippen molar-refractivity contribution in [3.63, 3.8) is 0 Å². The summed E-state index contributed by atoms with van der Waals surface area (Å²) in [6, 6.07) is 2.36. The Hall–Kier alpha value is -0.0800. The van der Waals surface area contributed by atoms with E-state index in [-0.39, 0.29) is 0 Å². The van der Waals surface area contributed by atoms with E-state index >= 15 is 0 Å². The van der Waals surface area contributed by atoms with E-state index in [4.69, 9.17) is 0 Å². The number of nitrogens with one attached hydrogen (secondary N) is 1. The minimum absolute atomic E-state index is 0.725. The molecule has 0 aromatic heterocycles. The quantitative estimate of drug-likeness (QED) is 0.738. The van der Waals surface area contributed by atoms with Gasteiger partial charge in [-0.25, -0.2) is 0 Å². The van der Waals surface area contributed by atoms with Crippen molar-refractivity contribution in [1.29, 1.82) is 0 Å². The van der Waals surface area contributed by atoms with Crippen molar-refractivity contribution in [2.24, 2.45) is 5.92 Å². The van der Waals surface area contributed by atoms with Crippen molar-refractivity contribution in [3.8, 4) is 0 Å². The zero-order chi connectivity index (χ0) is 10.1. The van der Waals surface area contributed by atoms with Gasteiger partial charge >= 0.3 is 0 Å². The topological polar surface area (TPSA) is 15.3 Å². The fraction of sp³-hybridized carbons (Fsp3) is 1.00. The van der Waals surface area contributed by atoms with Crippen molar-refractivity contribution >= 4 is 0 Å². The first-order valence-electron chi connectivity index (χ1n) is 6.20. The van der Waals surface area contributed by atoms with Gasteiger partial charge in [-0.05, 0) is 39.2 Å². The molecule has 0 amide bonds. The van der Waals surface area contributed by atoms with Crippen molar-refractivity contribution in [2.75, 3.05) is 13.1 Å². The van der Waals surface area contributed by atoms with E-state index in [0.717, 1.165) is 24.0 Å². The molecular weight excluding hydrogens is 172 g/mol. The Labute approximate surface area is 88.1 Å². The molecule has 2 heteroatoms. The Kier molecular flexibility index (Phi) is 3.13. The molecule has 2 aliphatic rings. The lowest BCUT2D eigenvalue weighted by Gasteiger charge is -2.20. The highest BCUT2D eigenvalue weighted by Crippen LogP contribution is 2.34.